The fraction of sp³-hybridized carbons (Fsp3) is 0. The van der Waals surface area contributed by atoms with Gasteiger partial charge in [0.05, 0.1) is 10.5 Å². The molecule has 0 atom stereocenters. The number of nitrogens with one attached hydrogen (secondary N) is 1. The number of nitrogens with zero attached hydrogens (tertiary/aromatic N) is 3. The van der Waals surface area contributed by atoms with Gasteiger partial charge < -0.3 is 5.73 Å². The Kier molecular flexibility index (Phi) is 3.06. The third-order valence-electron chi connectivity index (χ3n) is 2.19. The summed E-state index contributed by atoms with van der Waals surface area (Å²) in [6.45, 7) is 0. The van der Waals surface area contributed by atoms with Crippen molar-refractivity contribution in [2.45, 2.75) is 0 Å². The molecule has 18 heavy (non-hydrogen) atoms. The van der Waals surface area contributed by atoms with Crippen LogP contribution in [0.5, 0.6) is 0 Å². The van der Waals surface area contributed by atoms with E-state index in [0.717, 1.165) is 0 Å². The molecule has 0 radical (unpaired) electrons. The van der Waals surface area contributed by atoms with Crippen molar-refractivity contribution in [2.75, 3.05) is 0 Å². The Morgan fingerprint density at radius 1 is 1.44 bits per heavy atom. The second-order valence-electron chi connectivity index (χ2n) is 3.30. The normalized spacial score (nSPS) is 10.3. The van der Waals surface area contributed by atoms with Crippen LogP contribution in [0, 0.1) is 10.1 Å². The standard InChI is InChI=1S/C9H6BrN5O3/c10-4-1-2-5(6(3-4)15(17)18)7-8(9(11)16)13-14-12-7/h1-3H,(H2,11,16)(H,12,13,14). The van der Waals surface area contributed by atoms with Gasteiger partial charge in [0, 0.05) is 10.5 Å². The predicted molar refractivity (Wildman–Crippen MR) is 64.7 cm³/mol. The van der Waals surface area contributed by atoms with Gasteiger partial charge >= 0.3 is 0 Å². The van der Waals surface area contributed by atoms with Crippen molar-refractivity contribution in [3.63, 3.8) is 0 Å². The number of carbonyl (C=O) groups excluding carboxylic acids is 1. The maximum Gasteiger partial charge on any atom is 0.280 e. The topological polar surface area (TPSA) is 128 Å². The summed E-state index contributed by atoms with van der Waals surface area (Å²) in [7, 11) is 0. The van der Waals surface area contributed by atoms with Crippen LogP contribution >= 0.6 is 15.9 Å². The van der Waals surface area contributed by atoms with E-state index in [2.05, 4.69) is 31.3 Å². The first-order chi connectivity index (χ1) is 8.50. The molecule has 1 aromatic carbocycles. The number of aromatic nitrogens is 3. The third-order valence-corrected chi connectivity index (χ3v) is 2.69. The van der Waals surface area contributed by atoms with Crippen molar-refractivity contribution in [3.8, 4) is 11.3 Å². The Bertz CT molecular complexity index is 639. The van der Waals surface area contributed by atoms with Crippen molar-refractivity contribution in [3.05, 3.63) is 38.5 Å². The number of amides is 1. The molecule has 1 heterocycles. The minimum Gasteiger partial charge on any atom is -0.364 e. The van der Waals surface area contributed by atoms with Gasteiger partial charge in [-0.2, -0.15) is 15.4 Å². The molecule has 9 heteroatoms. The summed E-state index contributed by atoms with van der Waals surface area (Å²) in [6, 6.07) is 4.38. The van der Waals surface area contributed by atoms with E-state index in [0.29, 0.717) is 4.47 Å². The van der Waals surface area contributed by atoms with Gasteiger partial charge in [0.2, 0.25) is 0 Å². The Labute approximate surface area is 108 Å². The number of carbonyl (C=O) groups is 1. The molecular formula is C9H6BrN5O3. The zero-order valence-corrected chi connectivity index (χ0v) is 10.3. The highest BCUT2D eigenvalue weighted by Crippen LogP contribution is 2.32. The minimum atomic E-state index is -0.809. The number of H-pyrrole nitrogens is 1. The SMILES string of the molecule is NC(=O)c1n[nH]nc1-c1ccc(Br)cc1[N+](=O)[O-]. The average Bonchev–Trinajstić information content (AvgIpc) is 2.77. The molecule has 0 spiro atoms. The molecule has 0 saturated heterocycles. The van der Waals surface area contributed by atoms with Gasteiger partial charge in [-0.05, 0) is 12.1 Å². The fourth-order valence-corrected chi connectivity index (χ4v) is 1.80. The molecule has 0 aliphatic rings. The molecule has 0 fully saturated rings. The van der Waals surface area contributed by atoms with Crippen LogP contribution in [-0.4, -0.2) is 26.2 Å². The minimum absolute atomic E-state index is 0.0571. The highest BCUT2D eigenvalue weighted by molar-refractivity contribution is 9.10. The van der Waals surface area contributed by atoms with Gasteiger partial charge in [0.25, 0.3) is 11.6 Å². The molecule has 0 bridgehead atoms. The number of halogens is 1. The Morgan fingerprint density at radius 2 is 2.17 bits per heavy atom. The molecule has 92 valence electrons. The maximum atomic E-state index is 11.1. The van der Waals surface area contributed by atoms with Crippen LogP contribution in [0.2, 0.25) is 0 Å². The molecule has 2 aromatic rings. The lowest BCUT2D eigenvalue weighted by Crippen LogP contribution is -2.13. The molecule has 8 nitrogen and oxygen atoms in total. The molecule has 0 unspecified atom stereocenters. The summed E-state index contributed by atoms with van der Waals surface area (Å²) >= 11 is 3.14. The first-order valence-corrected chi connectivity index (χ1v) is 5.45. The quantitative estimate of drug-likeness (QED) is 0.651. The van der Waals surface area contributed by atoms with Crippen LogP contribution in [0.3, 0.4) is 0 Å². The van der Waals surface area contributed by atoms with Gasteiger partial charge in [0.1, 0.15) is 5.69 Å². The summed E-state index contributed by atoms with van der Waals surface area (Å²) in [5.41, 5.74) is 5.01. The third kappa shape index (κ3) is 2.07. The molecule has 0 saturated carbocycles. The van der Waals surface area contributed by atoms with E-state index in [1.165, 1.54) is 12.1 Å². The average molecular weight is 312 g/mol. The lowest BCUT2D eigenvalue weighted by Gasteiger charge is -2.01. The van der Waals surface area contributed by atoms with E-state index in [9.17, 15) is 14.9 Å². The molecule has 0 aliphatic heterocycles. The van der Waals surface area contributed by atoms with Crippen molar-refractivity contribution < 1.29 is 9.72 Å². The van der Waals surface area contributed by atoms with E-state index < -0.39 is 10.8 Å². The van der Waals surface area contributed by atoms with Crippen LogP contribution < -0.4 is 5.73 Å². The zero-order valence-electron chi connectivity index (χ0n) is 8.75. The van der Waals surface area contributed by atoms with Crippen molar-refractivity contribution >= 4 is 27.5 Å². The van der Waals surface area contributed by atoms with Crippen LogP contribution in [0.1, 0.15) is 10.5 Å². The number of benzene rings is 1. The molecule has 2 rings (SSSR count). The first-order valence-electron chi connectivity index (χ1n) is 4.65. The number of hydrogen-bond acceptors (Lipinski definition) is 5. The van der Waals surface area contributed by atoms with E-state index in [1.807, 2.05) is 0 Å². The second kappa shape index (κ2) is 4.53. The van der Waals surface area contributed by atoms with Gasteiger partial charge in [0.15, 0.2) is 5.69 Å². The Morgan fingerprint density at radius 3 is 2.78 bits per heavy atom. The largest absolute Gasteiger partial charge is 0.364 e. The lowest BCUT2D eigenvalue weighted by atomic mass is 10.1. The Hall–Kier alpha value is -2.29. The monoisotopic (exact) mass is 311 g/mol. The number of nitro groups is 1. The summed E-state index contributed by atoms with van der Waals surface area (Å²) in [6.07, 6.45) is 0. The first kappa shape index (κ1) is 12.2. The number of nitro benzene ring substituents is 1. The van der Waals surface area contributed by atoms with Gasteiger partial charge in [-0.25, -0.2) is 0 Å². The van der Waals surface area contributed by atoms with Crippen LogP contribution in [-0.2, 0) is 0 Å². The summed E-state index contributed by atoms with van der Waals surface area (Å²) in [5, 5.41) is 20.5. The predicted octanol–water partition coefficient (Wildman–Crippen LogP) is 1.24. The van der Waals surface area contributed by atoms with Gasteiger partial charge in [-0.3, -0.25) is 14.9 Å². The van der Waals surface area contributed by atoms with E-state index in [-0.39, 0.29) is 22.6 Å². The summed E-state index contributed by atoms with van der Waals surface area (Å²) in [5.74, 6) is -0.809. The molecule has 3 N–H and O–H groups in total. The lowest BCUT2D eigenvalue weighted by molar-refractivity contribution is -0.384. The highest BCUT2D eigenvalue weighted by Gasteiger charge is 2.23. The van der Waals surface area contributed by atoms with E-state index >= 15 is 0 Å². The van der Waals surface area contributed by atoms with Crippen molar-refractivity contribution in [2.24, 2.45) is 5.73 Å². The number of rotatable bonds is 3. The number of primary amides is 1. The number of aromatic amines is 1. The van der Waals surface area contributed by atoms with Crippen LogP contribution in [0.25, 0.3) is 11.3 Å². The zero-order chi connectivity index (χ0) is 13.3. The smallest absolute Gasteiger partial charge is 0.280 e. The Balaban J connectivity index is 2.67. The molecular weight excluding hydrogens is 306 g/mol. The van der Waals surface area contributed by atoms with Gasteiger partial charge in [-0.15, -0.1) is 0 Å². The van der Waals surface area contributed by atoms with Crippen LogP contribution in [0.4, 0.5) is 5.69 Å². The highest BCUT2D eigenvalue weighted by atomic mass is 79.9. The number of hydrogen-bond donors (Lipinski definition) is 2. The summed E-state index contributed by atoms with van der Waals surface area (Å²) < 4.78 is 0.544. The van der Waals surface area contributed by atoms with Crippen LogP contribution in [0.15, 0.2) is 22.7 Å². The summed E-state index contributed by atoms with van der Waals surface area (Å²) in [4.78, 5) is 21.5. The van der Waals surface area contributed by atoms with Crippen molar-refractivity contribution in [1.82, 2.24) is 15.4 Å². The van der Waals surface area contributed by atoms with E-state index in [4.69, 9.17) is 5.73 Å². The fourth-order valence-electron chi connectivity index (χ4n) is 1.45. The number of nitrogens with two attached hydrogens (primary N) is 1. The van der Waals surface area contributed by atoms with E-state index in [1.54, 1.807) is 6.07 Å². The maximum absolute atomic E-state index is 11.1. The second-order valence-corrected chi connectivity index (χ2v) is 4.22. The van der Waals surface area contributed by atoms with Gasteiger partial charge in [-0.1, -0.05) is 15.9 Å². The molecule has 1 aromatic heterocycles. The van der Waals surface area contributed by atoms with Crippen molar-refractivity contribution in [1.29, 1.82) is 0 Å². The molecule has 0 aliphatic carbocycles. The molecule has 1 amide bonds.